The molecule has 0 saturated heterocycles. The molecule has 0 aliphatic rings. The third kappa shape index (κ3) is 3.65. The highest BCUT2D eigenvalue weighted by Gasteiger charge is 2.08. The lowest BCUT2D eigenvalue weighted by Gasteiger charge is -2.10. The molecule has 0 unspecified atom stereocenters. The Kier molecular flexibility index (Phi) is 4.44. The number of nitrogens with two attached hydrogens (primary N) is 1. The Balaban J connectivity index is 1.85. The number of rotatable bonds is 6. The minimum Gasteiger partial charge on any atom is -0.492 e. The predicted molar refractivity (Wildman–Crippen MR) is 78.2 cm³/mol. The molecular formula is C15H16N2O3. The van der Waals surface area contributed by atoms with Crippen molar-refractivity contribution in [2.75, 3.05) is 24.2 Å². The van der Waals surface area contributed by atoms with Crippen LogP contribution in [0.25, 0.3) is 0 Å². The van der Waals surface area contributed by atoms with Gasteiger partial charge in [-0.1, -0.05) is 18.2 Å². The van der Waals surface area contributed by atoms with Crippen molar-refractivity contribution in [1.29, 1.82) is 0 Å². The maximum Gasteiger partial charge on any atom is 0.337 e. The van der Waals surface area contributed by atoms with Gasteiger partial charge < -0.3 is 20.9 Å². The first-order valence-electron chi connectivity index (χ1n) is 6.21. The highest BCUT2D eigenvalue weighted by molar-refractivity contribution is 5.94. The maximum absolute atomic E-state index is 11.0. The first kappa shape index (κ1) is 13.7. The molecular weight excluding hydrogens is 256 g/mol. The van der Waals surface area contributed by atoms with Crippen LogP contribution >= 0.6 is 0 Å². The zero-order chi connectivity index (χ0) is 14.4. The Bertz CT molecular complexity index is 585. The van der Waals surface area contributed by atoms with Gasteiger partial charge in [-0.05, 0) is 30.3 Å². The molecule has 0 heterocycles. The number of carboxylic acids is 1. The Morgan fingerprint density at radius 2 is 1.95 bits per heavy atom. The number of benzene rings is 2. The lowest BCUT2D eigenvalue weighted by atomic mass is 10.1. The van der Waals surface area contributed by atoms with E-state index < -0.39 is 5.97 Å². The van der Waals surface area contributed by atoms with E-state index in [2.05, 4.69) is 5.32 Å². The van der Waals surface area contributed by atoms with Crippen LogP contribution in [0.2, 0.25) is 0 Å². The molecule has 4 N–H and O–H groups in total. The third-order valence-corrected chi connectivity index (χ3v) is 2.73. The molecule has 0 bridgehead atoms. The van der Waals surface area contributed by atoms with Crippen molar-refractivity contribution in [3.8, 4) is 5.75 Å². The molecule has 0 atom stereocenters. The SMILES string of the molecule is Nc1ccc(NCCOc2ccccc2)cc1C(=O)O. The molecule has 104 valence electrons. The number of carbonyl (C=O) groups is 1. The largest absolute Gasteiger partial charge is 0.492 e. The van der Waals surface area contributed by atoms with Crippen LogP contribution in [-0.4, -0.2) is 24.2 Å². The van der Waals surface area contributed by atoms with Gasteiger partial charge in [-0.25, -0.2) is 4.79 Å². The summed E-state index contributed by atoms with van der Waals surface area (Å²) < 4.78 is 5.53. The zero-order valence-electron chi connectivity index (χ0n) is 10.9. The van der Waals surface area contributed by atoms with Crippen LogP contribution in [0.3, 0.4) is 0 Å². The van der Waals surface area contributed by atoms with Crippen molar-refractivity contribution in [2.24, 2.45) is 0 Å². The molecule has 5 heteroatoms. The minimum absolute atomic E-state index is 0.0963. The molecule has 0 aromatic heterocycles. The Hall–Kier alpha value is -2.69. The number of nitrogens with one attached hydrogen (secondary N) is 1. The highest BCUT2D eigenvalue weighted by Crippen LogP contribution is 2.17. The van der Waals surface area contributed by atoms with E-state index >= 15 is 0 Å². The van der Waals surface area contributed by atoms with Crippen LogP contribution in [0.5, 0.6) is 5.75 Å². The topological polar surface area (TPSA) is 84.6 Å². The van der Waals surface area contributed by atoms with Gasteiger partial charge in [-0.3, -0.25) is 0 Å². The third-order valence-electron chi connectivity index (χ3n) is 2.73. The van der Waals surface area contributed by atoms with Gasteiger partial charge in [0, 0.05) is 17.9 Å². The number of anilines is 2. The summed E-state index contributed by atoms with van der Waals surface area (Å²) in [6.45, 7) is 1.05. The van der Waals surface area contributed by atoms with Gasteiger partial charge in [0.25, 0.3) is 0 Å². The predicted octanol–water partition coefficient (Wildman–Crippen LogP) is 2.46. The molecule has 0 spiro atoms. The Labute approximate surface area is 117 Å². The van der Waals surface area contributed by atoms with E-state index in [4.69, 9.17) is 15.6 Å². The number of nitrogen functional groups attached to an aromatic ring is 1. The summed E-state index contributed by atoms with van der Waals surface area (Å²) in [5.74, 6) is -0.232. The van der Waals surface area contributed by atoms with Crippen LogP contribution in [0, 0.1) is 0 Å². The zero-order valence-corrected chi connectivity index (χ0v) is 10.9. The summed E-state index contributed by atoms with van der Waals surface area (Å²) in [4.78, 5) is 11.0. The van der Waals surface area contributed by atoms with Crippen LogP contribution in [0.4, 0.5) is 11.4 Å². The molecule has 2 rings (SSSR count). The summed E-state index contributed by atoms with van der Waals surface area (Å²) >= 11 is 0. The first-order chi connectivity index (χ1) is 9.66. The van der Waals surface area contributed by atoms with E-state index in [1.54, 1.807) is 12.1 Å². The number of hydrogen-bond acceptors (Lipinski definition) is 4. The summed E-state index contributed by atoms with van der Waals surface area (Å²) in [5, 5.41) is 12.1. The van der Waals surface area contributed by atoms with Gasteiger partial charge in [-0.15, -0.1) is 0 Å². The standard InChI is InChI=1S/C15H16N2O3/c16-14-7-6-11(10-13(14)15(18)19)17-8-9-20-12-4-2-1-3-5-12/h1-7,10,17H,8-9,16H2,(H,18,19). The van der Waals surface area contributed by atoms with Crippen molar-refractivity contribution < 1.29 is 14.6 Å². The molecule has 0 aliphatic heterocycles. The van der Waals surface area contributed by atoms with E-state index in [0.29, 0.717) is 18.8 Å². The normalized spacial score (nSPS) is 10.0. The van der Waals surface area contributed by atoms with Gasteiger partial charge >= 0.3 is 5.97 Å². The molecule has 0 amide bonds. The van der Waals surface area contributed by atoms with Gasteiger partial charge in [0.15, 0.2) is 0 Å². The average Bonchev–Trinajstić information content (AvgIpc) is 2.46. The molecule has 0 saturated carbocycles. The molecule has 20 heavy (non-hydrogen) atoms. The van der Waals surface area contributed by atoms with Gasteiger partial charge in [0.2, 0.25) is 0 Å². The highest BCUT2D eigenvalue weighted by atomic mass is 16.5. The van der Waals surface area contributed by atoms with E-state index in [9.17, 15) is 4.79 Å². The van der Waals surface area contributed by atoms with E-state index in [0.717, 1.165) is 5.75 Å². The van der Waals surface area contributed by atoms with Crippen molar-refractivity contribution in [3.63, 3.8) is 0 Å². The fourth-order valence-electron chi connectivity index (χ4n) is 1.73. The number of ether oxygens (including phenoxy) is 1. The van der Waals surface area contributed by atoms with E-state index in [1.807, 2.05) is 30.3 Å². The van der Waals surface area contributed by atoms with Crippen LogP contribution in [0.1, 0.15) is 10.4 Å². The number of para-hydroxylation sites is 1. The second-order valence-corrected chi connectivity index (χ2v) is 4.20. The number of carboxylic acid groups (broad SMARTS) is 1. The maximum atomic E-state index is 11.0. The molecule has 5 nitrogen and oxygen atoms in total. The Morgan fingerprint density at radius 3 is 2.65 bits per heavy atom. The van der Waals surface area contributed by atoms with Crippen molar-refractivity contribution in [2.45, 2.75) is 0 Å². The first-order valence-corrected chi connectivity index (χ1v) is 6.21. The minimum atomic E-state index is -1.04. The van der Waals surface area contributed by atoms with E-state index in [1.165, 1.54) is 6.07 Å². The average molecular weight is 272 g/mol. The fraction of sp³-hybridized carbons (Fsp3) is 0.133. The summed E-state index contributed by atoms with van der Waals surface area (Å²) in [6.07, 6.45) is 0. The van der Waals surface area contributed by atoms with Gasteiger partial charge in [0.1, 0.15) is 12.4 Å². The monoisotopic (exact) mass is 272 g/mol. The molecule has 0 aliphatic carbocycles. The lowest BCUT2D eigenvalue weighted by molar-refractivity contribution is 0.0698. The number of aromatic carboxylic acids is 1. The summed E-state index contributed by atoms with van der Waals surface area (Å²) in [5.41, 5.74) is 6.64. The summed E-state index contributed by atoms with van der Waals surface area (Å²) in [6, 6.07) is 14.3. The van der Waals surface area contributed by atoms with Crippen molar-refractivity contribution in [3.05, 3.63) is 54.1 Å². The smallest absolute Gasteiger partial charge is 0.337 e. The number of hydrogen-bond donors (Lipinski definition) is 3. The molecule has 2 aromatic rings. The van der Waals surface area contributed by atoms with Gasteiger partial charge in [-0.2, -0.15) is 0 Å². The molecule has 2 aromatic carbocycles. The fourth-order valence-corrected chi connectivity index (χ4v) is 1.73. The second-order valence-electron chi connectivity index (χ2n) is 4.20. The second kappa shape index (κ2) is 6.47. The van der Waals surface area contributed by atoms with Crippen molar-refractivity contribution in [1.82, 2.24) is 0 Å². The summed E-state index contributed by atoms with van der Waals surface area (Å²) in [7, 11) is 0. The molecule has 0 fully saturated rings. The van der Waals surface area contributed by atoms with Crippen LogP contribution < -0.4 is 15.8 Å². The van der Waals surface area contributed by atoms with E-state index in [-0.39, 0.29) is 11.3 Å². The van der Waals surface area contributed by atoms with Crippen molar-refractivity contribution >= 4 is 17.3 Å². The quantitative estimate of drug-likeness (QED) is 0.555. The lowest BCUT2D eigenvalue weighted by Crippen LogP contribution is -2.12. The van der Waals surface area contributed by atoms with Crippen LogP contribution in [-0.2, 0) is 0 Å². The van der Waals surface area contributed by atoms with Gasteiger partial charge in [0.05, 0.1) is 5.56 Å². The van der Waals surface area contributed by atoms with Crippen LogP contribution in [0.15, 0.2) is 48.5 Å². The Morgan fingerprint density at radius 1 is 1.20 bits per heavy atom. The molecule has 0 radical (unpaired) electrons.